The third-order valence-corrected chi connectivity index (χ3v) is 3.70. The summed E-state index contributed by atoms with van der Waals surface area (Å²) in [7, 11) is 0. The number of alkyl carbamates (subject to hydrolysis) is 1. The van der Waals surface area contributed by atoms with Crippen molar-refractivity contribution >= 4 is 34.7 Å². The number of hydrogen-bond acceptors (Lipinski definition) is 4. The molecule has 1 aromatic rings. The van der Waals surface area contributed by atoms with Gasteiger partial charge in [0.1, 0.15) is 5.60 Å². The van der Waals surface area contributed by atoms with Crippen LogP contribution in [0.1, 0.15) is 26.3 Å². The molecule has 128 valence electrons. The van der Waals surface area contributed by atoms with E-state index in [4.69, 9.17) is 9.47 Å². The Hall–Kier alpha value is -1.35. The molecule has 0 aliphatic heterocycles. The van der Waals surface area contributed by atoms with Gasteiger partial charge >= 0.3 is 12.1 Å². The molecule has 2 atom stereocenters. The Balaban J connectivity index is 2.68. The van der Waals surface area contributed by atoms with Crippen LogP contribution in [0.5, 0.6) is 0 Å². The van der Waals surface area contributed by atoms with Gasteiger partial charge in [0.15, 0.2) is 6.10 Å². The Morgan fingerprint density at radius 3 is 2.35 bits per heavy atom. The van der Waals surface area contributed by atoms with E-state index in [1.165, 1.54) is 0 Å². The third-order valence-electron chi connectivity index (χ3n) is 2.75. The van der Waals surface area contributed by atoms with Gasteiger partial charge in [-0.05, 0) is 26.3 Å². The topological polar surface area (TPSA) is 84.9 Å². The molecule has 0 aliphatic rings. The minimum atomic E-state index is -1.15. The summed E-state index contributed by atoms with van der Waals surface area (Å²) >= 11 is 2.01. The van der Waals surface area contributed by atoms with Crippen LogP contribution in [0, 0.1) is 0 Å². The first kappa shape index (κ1) is 19.7. The molecular formula is C16H22INO5. The predicted octanol–water partition coefficient (Wildman–Crippen LogP) is 2.98. The molecule has 1 rings (SSSR count). The molecule has 0 aliphatic carbocycles. The fourth-order valence-electron chi connectivity index (χ4n) is 1.77. The highest BCUT2D eigenvalue weighted by Crippen LogP contribution is 2.11. The fourth-order valence-corrected chi connectivity index (χ4v) is 2.46. The fraction of sp³-hybridized carbons (Fsp3) is 0.500. The van der Waals surface area contributed by atoms with Crippen molar-refractivity contribution in [2.45, 2.75) is 45.1 Å². The molecule has 1 unspecified atom stereocenters. The van der Waals surface area contributed by atoms with Gasteiger partial charge in [-0.3, -0.25) is 0 Å². The van der Waals surface area contributed by atoms with Gasteiger partial charge in [0.25, 0.3) is 0 Å². The summed E-state index contributed by atoms with van der Waals surface area (Å²) in [6.45, 7) is 5.38. The average molecular weight is 435 g/mol. The van der Waals surface area contributed by atoms with Crippen molar-refractivity contribution in [3.05, 3.63) is 35.9 Å². The van der Waals surface area contributed by atoms with Crippen LogP contribution in [0.2, 0.25) is 0 Å². The summed E-state index contributed by atoms with van der Waals surface area (Å²) in [6.07, 6.45) is -1.81. The maximum atomic E-state index is 11.8. The Kier molecular flexibility index (Phi) is 7.77. The van der Waals surface area contributed by atoms with Crippen molar-refractivity contribution < 1.29 is 24.2 Å². The second-order valence-corrected chi connectivity index (χ2v) is 6.84. The molecule has 0 spiro atoms. The minimum Gasteiger partial charge on any atom is -0.479 e. The van der Waals surface area contributed by atoms with Crippen LogP contribution in [0.3, 0.4) is 0 Å². The quantitative estimate of drug-likeness (QED) is 0.508. The van der Waals surface area contributed by atoms with Crippen LogP contribution in [0.15, 0.2) is 30.3 Å². The first-order valence-electron chi connectivity index (χ1n) is 7.16. The first-order chi connectivity index (χ1) is 10.7. The normalized spacial score (nSPS) is 13.9. The zero-order valence-corrected chi connectivity index (χ0v) is 15.6. The molecule has 23 heavy (non-hydrogen) atoms. The zero-order valence-electron chi connectivity index (χ0n) is 13.4. The molecular weight excluding hydrogens is 413 g/mol. The first-order valence-corrected chi connectivity index (χ1v) is 8.69. The smallest absolute Gasteiger partial charge is 0.408 e. The van der Waals surface area contributed by atoms with Gasteiger partial charge in [-0.25, -0.2) is 9.59 Å². The number of alkyl halides is 1. The molecule has 6 nitrogen and oxygen atoms in total. The van der Waals surface area contributed by atoms with Crippen molar-refractivity contribution in [3.63, 3.8) is 0 Å². The summed E-state index contributed by atoms with van der Waals surface area (Å²) in [5.41, 5.74) is 0.215. The van der Waals surface area contributed by atoms with Crippen LogP contribution >= 0.6 is 22.6 Å². The number of benzene rings is 1. The van der Waals surface area contributed by atoms with Gasteiger partial charge in [-0.1, -0.05) is 52.9 Å². The number of carbonyl (C=O) groups is 2. The third kappa shape index (κ3) is 7.65. The van der Waals surface area contributed by atoms with Crippen molar-refractivity contribution in [3.8, 4) is 0 Å². The number of halogens is 1. The summed E-state index contributed by atoms with van der Waals surface area (Å²) in [4.78, 5) is 23.3. The molecule has 2 N–H and O–H groups in total. The van der Waals surface area contributed by atoms with Gasteiger partial charge in [0.05, 0.1) is 12.6 Å². The summed E-state index contributed by atoms with van der Waals surface area (Å²) in [6, 6.07) is 8.58. The van der Waals surface area contributed by atoms with Gasteiger partial charge in [-0.2, -0.15) is 0 Å². The van der Waals surface area contributed by atoms with E-state index in [9.17, 15) is 14.7 Å². The molecule has 7 heteroatoms. The van der Waals surface area contributed by atoms with E-state index in [-0.39, 0.29) is 6.61 Å². The second kappa shape index (κ2) is 9.07. The monoisotopic (exact) mass is 435 g/mol. The molecule has 0 fully saturated rings. The van der Waals surface area contributed by atoms with E-state index in [0.717, 1.165) is 5.56 Å². The maximum Gasteiger partial charge on any atom is 0.408 e. The van der Waals surface area contributed by atoms with E-state index in [1.807, 2.05) is 52.9 Å². The summed E-state index contributed by atoms with van der Waals surface area (Å²) < 4.78 is 11.0. The van der Waals surface area contributed by atoms with Gasteiger partial charge in [0, 0.05) is 4.43 Å². The molecule has 0 bridgehead atoms. The Morgan fingerprint density at radius 2 is 1.87 bits per heavy atom. The summed E-state index contributed by atoms with van der Waals surface area (Å²) in [5.74, 6) is -1.13. The molecule has 0 saturated heterocycles. The highest BCUT2D eigenvalue weighted by atomic mass is 127. The zero-order chi connectivity index (χ0) is 17.5. The molecule has 0 aromatic heterocycles. The summed E-state index contributed by atoms with van der Waals surface area (Å²) in [5, 5.41) is 11.9. The molecule has 0 heterocycles. The van der Waals surface area contributed by atoms with E-state index in [2.05, 4.69) is 5.32 Å². The molecule has 1 aromatic carbocycles. The minimum absolute atomic E-state index is 0.154. The molecule has 0 saturated carbocycles. The standard InChI is InChI=1S/C16H22INO5/c1-16(2,3)23-15(21)18-12(9-17)13(14(19)20)22-10-11-7-5-4-6-8-11/h4-8,12-13H,9-10H2,1-3H3,(H,18,21)(H,19,20)/t12-,13?/m0/s1. The average Bonchev–Trinajstić information content (AvgIpc) is 2.45. The number of aliphatic carboxylic acids is 1. The lowest BCUT2D eigenvalue weighted by Gasteiger charge is -2.26. The van der Waals surface area contributed by atoms with E-state index >= 15 is 0 Å². The lowest BCUT2D eigenvalue weighted by atomic mass is 10.2. The van der Waals surface area contributed by atoms with Crippen LogP contribution in [-0.4, -0.2) is 39.3 Å². The number of ether oxygens (including phenoxy) is 2. The van der Waals surface area contributed by atoms with Crippen LogP contribution in [0.25, 0.3) is 0 Å². The van der Waals surface area contributed by atoms with E-state index in [0.29, 0.717) is 4.43 Å². The number of rotatable bonds is 7. The van der Waals surface area contributed by atoms with Crippen LogP contribution in [-0.2, 0) is 20.9 Å². The van der Waals surface area contributed by atoms with E-state index in [1.54, 1.807) is 20.8 Å². The van der Waals surface area contributed by atoms with Gasteiger partial charge in [-0.15, -0.1) is 0 Å². The number of nitrogens with one attached hydrogen (secondary N) is 1. The van der Waals surface area contributed by atoms with Crippen molar-refractivity contribution in [2.24, 2.45) is 0 Å². The second-order valence-electron chi connectivity index (χ2n) is 5.96. The van der Waals surface area contributed by atoms with Crippen LogP contribution < -0.4 is 5.32 Å². The SMILES string of the molecule is CC(C)(C)OC(=O)N[C@@H](CI)C(OCc1ccccc1)C(=O)O. The number of carbonyl (C=O) groups excluding carboxylic acids is 1. The highest BCUT2D eigenvalue weighted by Gasteiger charge is 2.31. The number of carboxylic acids is 1. The van der Waals surface area contributed by atoms with E-state index < -0.39 is 29.8 Å². The largest absolute Gasteiger partial charge is 0.479 e. The number of hydrogen-bond donors (Lipinski definition) is 2. The van der Waals surface area contributed by atoms with Crippen molar-refractivity contribution in [1.29, 1.82) is 0 Å². The lowest BCUT2D eigenvalue weighted by molar-refractivity contribution is -0.152. The molecule has 0 radical (unpaired) electrons. The Bertz CT molecular complexity index is 515. The van der Waals surface area contributed by atoms with Gasteiger partial charge in [0.2, 0.25) is 0 Å². The maximum absolute atomic E-state index is 11.8. The van der Waals surface area contributed by atoms with Crippen molar-refractivity contribution in [1.82, 2.24) is 5.32 Å². The Labute approximate surface area is 149 Å². The van der Waals surface area contributed by atoms with Gasteiger partial charge < -0.3 is 19.9 Å². The highest BCUT2D eigenvalue weighted by molar-refractivity contribution is 14.1. The van der Waals surface area contributed by atoms with Crippen LogP contribution in [0.4, 0.5) is 4.79 Å². The Morgan fingerprint density at radius 1 is 1.26 bits per heavy atom. The van der Waals surface area contributed by atoms with Crippen molar-refractivity contribution in [2.75, 3.05) is 4.43 Å². The molecule has 1 amide bonds. The predicted molar refractivity (Wildman–Crippen MR) is 94.7 cm³/mol. The lowest BCUT2D eigenvalue weighted by Crippen LogP contribution is -2.50. The number of carboxylic acid groups (broad SMARTS) is 1. The number of amides is 1.